The lowest BCUT2D eigenvalue weighted by atomic mass is 9.62. The van der Waals surface area contributed by atoms with Gasteiger partial charge in [0.1, 0.15) is 6.04 Å². The second kappa shape index (κ2) is 4.79. The molecule has 1 aliphatic rings. The van der Waals surface area contributed by atoms with Crippen molar-refractivity contribution in [2.24, 2.45) is 0 Å². The summed E-state index contributed by atoms with van der Waals surface area (Å²) in [5.74, 6) is -0.857. The molecule has 1 fully saturated rings. The highest BCUT2D eigenvalue weighted by Crippen LogP contribution is 2.43. The van der Waals surface area contributed by atoms with Crippen LogP contribution in [0.5, 0.6) is 0 Å². The fourth-order valence-electron chi connectivity index (χ4n) is 2.47. The smallest absolute Gasteiger partial charge is 0.320 e. The first-order valence-electron chi connectivity index (χ1n) is 6.03. The fourth-order valence-corrected chi connectivity index (χ4v) is 2.47. The molecular weight excluding hydrogens is 228 g/mol. The summed E-state index contributed by atoms with van der Waals surface area (Å²) in [6.07, 6.45) is 1.34. The van der Waals surface area contributed by atoms with E-state index in [9.17, 15) is 10.1 Å². The lowest BCUT2D eigenvalue weighted by Gasteiger charge is -2.44. The third-order valence-corrected chi connectivity index (χ3v) is 3.59. The summed E-state index contributed by atoms with van der Waals surface area (Å²) >= 11 is 0. The van der Waals surface area contributed by atoms with Gasteiger partial charge in [-0.25, -0.2) is 0 Å². The van der Waals surface area contributed by atoms with E-state index in [1.54, 1.807) is 6.92 Å². The Balaban J connectivity index is 2.01. The number of nitrogens with zero attached hydrogens (tertiary/aromatic N) is 1. The maximum absolute atomic E-state index is 10.7. The summed E-state index contributed by atoms with van der Waals surface area (Å²) in [7, 11) is 0. The molecule has 94 valence electrons. The molecule has 1 aromatic carbocycles. The van der Waals surface area contributed by atoms with E-state index in [-0.39, 0.29) is 6.04 Å². The van der Waals surface area contributed by atoms with E-state index in [0.29, 0.717) is 12.8 Å². The number of aliphatic carboxylic acids is 1. The highest BCUT2D eigenvalue weighted by atomic mass is 16.4. The van der Waals surface area contributed by atoms with E-state index in [1.807, 2.05) is 30.3 Å². The standard InChI is InChI=1S/C14H16N2O2/c1-10(13(17)18)16-12-7-14(8-12,9-15)11-5-3-2-4-6-11/h2-6,10,12,16H,7-8H2,1H3,(H,17,18). The van der Waals surface area contributed by atoms with Gasteiger partial charge in [-0.1, -0.05) is 30.3 Å². The van der Waals surface area contributed by atoms with E-state index in [1.165, 1.54) is 0 Å². The van der Waals surface area contributed by atoms with Crippen molar-refractivity contribution in [2.75, 3.05) is 0 Å². The van der Waals surface area contributed by atoms with Gasteiger partial charge in [-0.05, 0) is 25.3 Å². The van der Waals surface area contributed by atoms with Crippen LogP contribution in [0.15, 0.2) is 30.3 Å². The Labute approximate surface area is 106 Å². The first-order valence-corrected chi connectivity index (χ1v) is 6.03. The molecule has 0 bridgehead atoms. The topological polar surface area (TPSA) is 73.1 Å². The lowest BCUT2D eigenvalue weighted by molar-refractivity contribution is -0.139. The number of hydrogen-bond acceptors (Lipinski definition) is 3. The number of nitriles is 1. The largest absolute Gasteiger partial charge is 0.480 e. The maximum Gasteiger partial charge on any atom is 0.320 e. The number of carboxylic acid groups (broad SMARTS) is 1. The molecule has 1 aromatic rings. The van der Waals surface area contributed by atoms with Gasteiger partial charge in [0.2, 0.25) is 0 Å². The first kappa shape index (κ1) is 12.6. The Kier molecular flexibility index (Phi) is 3.35. The zero-order chi connectivity index (χ0) is 13.2. The van der Waals surface area contributed by atoms with E-state index < -0.39 is 17.4 Å². The van der Waals surface area contributed by atoms with E-state index in [2.05, 4.69) is 11.4 Å². The number of carbonyl (C=O) groups is 1. The van der Waals surface area contributed by atoms with Crippen LogP contribution in [0.1, 0.15) is 25.3 Å². The second-order valence-electron chi connectivity index (χ2n) is 4.89. The van der Waals surface area contributed by atoms with Gasteiger partial charge < -0.3 is 10.4 Å². The second-order valence-corrected chi connectivity index (χ2v) is 4.89. The summed E-state index contributed by atoms with van der Waals surface area (Å²) in [6.45, 7) is 1.62. The number of hydrogen-bond donors (Lipinski definition) is 2. The fraction of sp³-hybridized carbons (Fsp3) is 0.429. The van der Waals surface area contributed by atoms with Gasteiger partial charge in [0.05, 0.1) is 11.5 Å². The Morgan fingerprint density at radius 2 is 2.11 bits per heavy atom. The molecule has 1 unspecified atom stereocenters. The minimum Gasteiger partial charge on any atom is -0.480 e. The van der Waals surface area contributed by atoms with Crippen LogP contribution in [-0.2, 0) is 10.2 Å². The molecule has 4 heteroatoms. The molecule has 0 amide bonds. The van der Waals surface area contributed by atoms with Gasteiger partial charge in [-0.15, -0.1) is 0 Å². The molecule has 0 radical (unpaired) electrons. The normalized spacial score (nSPS) is 27.9. The first-order chi connectivity index (χ1) is 8.57. The van der Waals surface area contributed by atoms with Gasteiger partial charge in [-0.2, -0.15) is 5.26 Å². The minimum atomic E-state index is -0.857. The summed E-state index contributed by atoms with van der Waals surface area (Å²) in [6, 6.07) is 11.6. The molecule has 2 N–H and O–H groups in total. The minimum absolute atomic E-state index is 0.107. The SMILES string of the molecule is CC(NC1CC(C#N)(c2ccccc2)C1)C(=O)O. The van der Waals surface area contributed by atoms with Gasteiger partial charge in [0.15, 0.2) is 0 Å². The lowest BCUT2D eigenvalue weighted by Crippen LogP contribution is -2.54. The molecule has 0 aromatic heterocycles. The van der Waals surface area contributed by atoms with Crippen LogP contribution in [0.3, 0.4) is 0 Å². The zero-order valence-electron chi connectivity index (χ0n) is 10.3. The summed E-state index contributed by atoms with van der Waals surface area (Å²) in [5.41, 5.74) is 0.575. The summed E-state index contributed by atoms with van der Waals surface area (Å²) < 4.78 is 0. The van der Waals surface area contributed by atoms with Crippen molar-refractivity contribution < 1.29 is 9.90 Å². The predicted octanol–water partition coefficient (Wildman–Crippen LogP) is 1.67. The van der Waals surface area contributed by atoms with Crippen LogP contribution in [0.4, 0.5) is 0 Å². The molecule has 0 aliphatic heterocycles. The van der Waals surface area contributed by atoms with Crippen molar-refractivity contribution in [1.29, 1.82) is 5.26 Å². The van der Waals surface area contributed by atoms with Crippen LogP contribution in [0.2, 0.25) is 0 Å². The van der Waals surface area contributed by atoms with Gasteiger partial charge >= 0.3 is 5.97 Å². The molecular formula is C14H16N2O2. The van der Waals surface area contributed by atoms with Crippen molar-refractivity contribution in [3.63, 3.8) is 0 Å². The molecule has 2 rings (SSSR count). The molecule has 1 aliphatic carbocycles. The maximum atomic E-state index is 10.7. The third-order valence-electron chi connectivity index (χ3n) is 3.59. The van der Waals surface area contributed by atoms with Crippen LogP contribution < -0.4 is 5.32 Å². The number of nitrogens with one attached hydrogen (secondary N) is 1. The highest BCUT2D eigenvalue weighted by molar-refractivity contribution is 5.72. The van der Waals surface area contributed by atoms with Crippen LogP contribution in [0, 0.1) is 11.3 Å². The predicted molar refractivity (Wildman–Crippen MR) is 67.0 cm³/mol. The molecule has 0 saturated heterocycles. The highest BCUT2D eigenvalue weighted by Gasteiger charge is 2.46. The van der Waals surface area contributed by atoms with Crippen LogP contribution >= 0.6 is 0 Å². The van der Waals surface area contributed by atoms with Gasteiger partial charge in [-0.3, -0.25) is 4.79 Å². The Hall–Kier alpha value is -1.86. The Morgan fingerprint density at radius 1 is 1.50 bits per heavy atom. The number of rotatable bonds is 4. The monoisotopic (exact) mass is 244 g/mol. The van der Waals surface area contributed by atoms with Crippen molar-refractivity contribution in [1.82, 2.24) is 5.32 Å². The average molecular weight is 244 g/mol. The molecule has 1 saturated carbocycles. The molecule has 1 atom stereocenters. The van der Waals surface area contributed by atoms with E-state index in [0.717, 1.165) is 5.56 Å². The molecule has 0 heterocycles. The van der Waals surface area contributed by atoms with Crippen LogP contribution in [-0.4, -0.2) is 23.2 Å². The molecule has 0 spiro atoms. The van der Waals surface area contributed by atoms with Gasteiger partial charge in [0.25, 0.3) is 0 Å². The summed E-state index contributed by atoms with van der Waals surface area (Å²) in [4.78, 5) is 10.7. The number of benzene rings is 1. The van der Waals surface area contributed by atoms with Crippen molar-refractivity contribution in [2.45, 2.75) is 37.3 Å². The Bertz CT molecular complexity index is 472. The Morgan fingerprint density at radius 3 is 2.61 bits per heavy atom. The van der Waals surface area contributed by atoms with Crippen molar-refractivity contribution >= 4 is 5.97 Å². The van der Waals surface area contributed by atoms with E-state index >= 15 is 0 Å². The average Bonchev–Trinajstić information content (AvgIpc) is 2.34. The number of carboxylic acids is 1. The van der Waals surface area contributed by atoms with Crippen LogP contribution in [0.25, 0.3) is 0 Å². The summed E-state index contributed by atoms with van der Waals surface area (Å²) in [5, 5.41) is 21.2. The van der Waals surface area contributed by atoms with Gasteiger partial charge in [0, 0.05) is 6.04 Å². The van der Waals surface area contributed by atoms with E-state index in [4.69, 9.17) is 5.11 Å². The molecule has 18 heavy (non-hydrogen) atoms. The van der Waals surface area contributed by atoms with Crippen molar-refractivity contribution in [3.8, 4) is 6.07 Å². The third kappa shape index (κ3) is 2.22. The zero-order valence-corrected chi connectivity index (χ0v) is 10.3. The van der Waals surface area contributed by atoms with Crippen molar-refractivity contribution in [3.05, 3.63) is 35.9 Å². The molecule has 4 nitrogen and oxygen atoms in total. The quantitative estimate of drug-likeness (QED) is 0.845.